The SMILES string of the molecule is CCC([C-]=O)C1(C)OC(=O)[C-]1C(O)C(C)C.[K+]. The molecule has 0 aliphatic carbocycles. The van der Waals surface area contributed by atoms with E-state index in [4.69, 9.17) is 4.74 Å². The molecule has 0 bridgehead atoms. The van der Waals surface area contributed by atoms with Gasteiger partial charge in [0.05, 0.1) is 0 Å². The first-order valence-electron chi connectivity index (χ1n) is 5.54. The first-order valence-corrected chi connectivity index (χ1v) is 5.54. The number of carbonyl (C=O) groups excluding carboxylic acids is 2. The third-order valence-electron chi connectivity index (χ3n) is 3.20. The summed E-state index contributed by atoms with van der Waals surface area (Å²) in [6.45, 7) is 7.12. The molecule has 4 nitrogen and oxygen atoms in total. The van der Waals surface area contributed by atoms with Gasteiger partial charge in [0.2, 0.25) is 0 Å². The van der Waals surface area contributed by atoms with E-state index in [9.17, 15) is 14.7 Å². The van der Waals surface area contributed by atoms with Crippen LogP contribution in [0.5, 0.6) is 0 Å². The Labute approximate surface area is 145 Å². The summed E-state index contributed by atoms with van der Waals surface area (Å²) in [7, 11) is 0. The topological polar surface area (TPSA) is 63.6 Å². The van der Waals surface area contributed by atoms with E-state index in [1.54, 1.807) is 6.92 Å². The molecule has 1 aliphatic heterocycles. The average Bonchev–Trinajstić information content (AvgIpc) is 2.18. The number of carbonyl (C=O) groups is 1. The van der Waals surface area contributed by atoms with Crippen molar-refractivity contribution in [1.82, 2.24) is 0 Å². The van der Waals surface area contributed by atoms with Crippen LogP contribution in [0.25, 0.3) is 0 Å². The van der Waals surface area contributed by atoms with Crippen molar-refractivity contribution in [1.29, 1.82) is 0 Å². The number of cyclic esters (lactones) is 1. The summed E-state index contributed by atoms with van der Waals surface area (Å²) in [6.07, 6.45) is 1.56. The molecule has 0 aromatic rings. The number of rotatable bonds is 5. The second-order valence-corrected chi connectivity index (χ2v) is 4.68. The molecule has 0 aromatic carbocycles. The molecular weight excluding hydrogens is 247 g/mol. The Morgan fingerprint density at radius 2 is 2.06 bits per heavy atom. The van der Waals surface area contributed by atoms with Crippen molar-refractivity contribution >= 4 is 12.3 Å². The summed E-state index contributed by atoms with van der Waals surface area (Å²) >= 11 is 0. The van der Waals surface area contributed by atoms with Gasteiger partial charge in [-0.15, -0.1) is 5.92 Å². The predicted octanol–water partition coefficient (Wildman–Crippen LogP) is -1.97. The molecule has 1 fully saturated rings. The van der Waals surface area contributed by atoms with Crippen LogP contribution in [0, 0.1) is 17.8 Å². The fourth-order valence-electron chi connectivity index (χ4n) is 2.05. The molecular formula is C12H18KO4-. The maximum Gasteiger partial charge on any atom is 1.00 e. The first kappa shape index (κ1) is 17.6. The van der Waals surface area contributed by atoms with Gasteiger partial charge in [0.25, 0.3) is 0 Å². The number of hydrogen-bond acceptors (Lipinski definition) is 4. The first-order chi connectivity index (χ1) is 7.38. The van der Waals surface area contributed by atoms with E-state index in [2.05, 4.69) is 0 Å². The van der Waals surface area contributed by atoms with Gasteiger partial charge in [0.1, 0.15) is 0 Å². The van der Waals surface area contributed by atoms with E-state index in [0.29, 0.717) is 12.3 Å². The molecule has 0 amide bonds. The van der Waals surface area contributed by atoms with Crippen molar-refractivity contribution < 1.29 is 70.8 Å². The molecule has 17 heavy (non-hydrogen) atoms. The third-order valence-corrected chi connectivity index (χ3v) is 3.20. The third kappa shape index (κ3) is 3.14. The molecule has 1 heterocycles. The van der Waals surface area contributed by atoms with Crippen LogP contribution >= 0.6 is 0 Å². The van der Waals surface area contributed by atoms with Gasteiger partial charge in [-0.25, -0.2) is 5.92 Å². The van der Waals surface area contributed by atoms with Crippen molar-refractivity contribution in [3.63, 3.8) is 0 Å². The largest absolute Gasteiger partial charge is 1.00 e. The number of aliphatic hydroxyl groups is 1. The molecule has 0 spiro atoms. The van der Waals surface area contributed by atoms with E-state index >= 15 is 0 Å². The minimum absolute atomic E-state index is 0. The van der Waals surface area contributed by atoms with Gasteiger partial charge in [-0.1, -0.05) is 34.1 Å². The Balaban J connectivity index is 0.00000256. The molecule has 0 saturated carbocycles. The van der Waals surface area contributed by atoms with Crippen molar-refractivity contribution in [3.8, 4) is 0 Å². The van der Waals surface area contributed by atoms with Gasteiger partial charge in [-0.3, -0.25) is 11.1 Å². The second kappa shape index (κ2) is 6.68. The van der Waals surface area contributed by atoms with Gasteiger partial charge < -0.3 is 14.6 Å². The quantitative estimate of drug-likeness (QED) is 0.356. The standard InChI is InChI=1S/C12H18O4.K/c1-5-8(6-13)12(4)9(11(15)16-12)10(14)7(2)3;/h7-8,10,14H,5H2,1-4H3;/q-2;+1. The minimum atomic E-state index is -0.975. The predicted molar refractivity (Wildman–Crippen MR) is 58.1 cm³/mol. The second-order valence-electron chi connectivity index (χ2n) is 4.68. The van der Waals surface area contributed by atoms with Crippen molar-refractivity contribution in [3.05, 3.63) is 5.92 Å². The molecule has 92 valence electrons. The van der Waals surface area contributed by atoms with E-state index in [1.165, 1.54) is 0 Å². The van der Waals surface area contributed by atoms with Crippen LogP contribution in [0.15, 0.2) is 0 Å². The number of hydrogen-bond donors (Lipinski definition) is 1. The fraction of sp³-hybridized carbons (Fsp3) is 0.750. The summed E-state index contributed by atoms with van der Waals surface area (Å²) in [6, 6.07) is 0. The Kier molecular flexibility index (Phi) is 6.92. The maximum absolute atomic E-state index is 11.4. The summed E-state index contributed by atoms with van der Waals surface area (Å²) in [5.74, 6) is -0.782. The van der Waals surface area contributed by atoms with E-state index in [1.807, 2.05) is 27.1 Å². The summed E-state index contributed by atoms with van der Waals surface area (Å²) in [5, 5.41) is 9.92. The zero-order valence-electron chi connectivity index (χ0n) is 11.1. The summed E-state index contributed by atoms with van der Waals surface area (Å²) in [4.78, 5) is 22.2. The normalized spacial score (nSPS) is 26.7. The fourth-order valence-corrected chi connectivity index (χ4v) is 2.05. The molecule has 5 heteroatoms. The minimum Gasteiger partial charge on any atom is -0.541 e. The smallest absolute Gasteiger partial charge is 0.541 e. The van der Waals surface area contributed by atoms with E-state index in [-0.39, 0.29) is 57.3 Å². The van der Waals surface area contributed by atoms with Crippen LogP contribution in [0.3, 0.4) is 0 Å². The molecule has 1 saturated heterocycles. The van der Waals surface area contributed by atoms with Crippen LogP contribution in [0.1, 0.15) is 34.1 Å². The zero-order valence-corrected chi connectivity index (χ0v) is 14.2. The maximum atomic E-state index is 11.4. The van der Waals surface area contributed by atoms with Crippen molar-refractivity contribution in [2.24, 2.45) is 11.8 Å². The molecule has 0 radical (unpaired) electrons. The number of ether oxygens (including phenoxy) is 1. The summed E-state index contributed by atoms with van der Waals surface area (Å²) < 4.78 is 5.06. The van der Waals surface area contributed by atoms with Crippen molar-refractivity contribution in [2.75, 3.05) is 0 Å². The number of esters is 1. The Morgan fingerprint density at radius 1 is 1.53 bits per heavy atom. The van der Waals surface area contributed by atoms with Crippen LogP contribution < -0.4 is 51.4 Å². The van der Waals surface area contributed by atoms with E-state index in [0.717, 1.165) is 0 Å². The molecule has 0 aromatic heterocycles. The van der Waals surface area contributed by atoms with Gasteiger partial charge in [0.15, 0.2) is 5.97 Å². The van der Waals surface area contributed by atoms with E-state index < -0.39 is 23.6 Å². The number of aliphatic hydroxyl groups excluding tert-OH is 1. The Morgan fingerprint density at radius 3 is 2.35 bits per heavy atom. The van der Waals surface area contributed by atoms with Crippen LogP contribution in [0.4, 0.5) is 0 Å². The molecule has 3 atom stereocenters. The van der Waals surface area contributed by atoms with Crippen LogP contribution in [-0.4, -0.2) is 29.1 Å². The van der Waals surface area contributed by atoms with Gasteiger partial charge in [-0.2, -0.15) is 0 Å². The van der Waals surface area contributed by atoms with Gasteiger partial charge in [0, 0.05) is 0 Å². The monoisotopic (exact) mass is 265 g/mol. The summed E-state index contributed by atoms with van der Waals surface area (Å²) in [5.41, 5.74) is -0.975. The van der Waals surface area contributed by atoms with Gasteiger partial charge >= 0.3 is 51.4 Å². The molecule has 1 aliphatic rings. The Hall–Kier alpha value is 0.606. The Bertz CT molecular complexity index is 292. The van der Waals surface area contributed by atoms with Crippen LogP contribution in [0.2, 0.25) is 0 Å². The molecule has 1 N–H and O–H groups in total. The van der Waals surface area contributed by atoms with Crippen molar-refractivity contribution in [2.45, 2.75) is 45.8 Å². The van der Waals surface area contributed by atoms with Gasteiger partial charge in [-0.05, 0) is 17.6 Å². The average molecular weight is 265 g/mol. The molecule has 1 rings (SSSR count). The van der Waals surface area contributed by atoms with Crippen LogP contribution in [-0.2, 0) is 14.3 Å². The zero-order chi connectivity index (χ0) is 12.5. The molecule has 3 unspecified atom stereocenters.